The third-order valence-electron chi connectivity index (χ3n) is 11.3. The SMILES string of the molecule is CC(OC(=O)c1c2c(nc3ccccc13)/C(=C/c1cccs1)CCC2)C(=O)NC1CC1.CCNC(=O)NC(=O)C(C)OC(=O)c1c2c(nc3ccccc13)/C(=C\c1cccs1)CCC2. The molecular formula is C50H49N5O7S2. The van der Waals surface area contributed by atoms with Gasteiger partial charge in [0.2, 0.25) is 0 Å². The molecule has 12 nitrogen and oxygen atoms in total. The largest absolute Gasteiger partial charge is 0.449 e. The molecule has 3 N–H and O–H groups in total. The highest BCUT2D eigenvalue weighted by Gasteiger charge is 2.32. The Morgan fingerprint density at radius 2 is 1.16 bits per heavy atom. The lowest BCUT2D eigenvalue weighted by molar-refractivity contribution is -0.129. The molecule has 328 valence electrons. The van der Waals surface area contributed by atoms with Crippen LogP contribution in [-0.2, 0) is 31.9 Å². The van der Waals surface area contributed by atoms with E-state index in [1.54, 1.807) is 36.5 Å². The summed E-state index contributed by atoms with van der Waals surface area (Å²) in [5, 5.41) is 13.1. The molecule has 4 amide bonds. The van der Waals surface area contributed by atoms with Gasteiger partial charge in [-0.1, -0.05) is 48.5 Å². The molecule has 2 atom stereocenters. The second kappa shape index (κ2) is 19.9. The number of rotatable bonds is 10. The molecule has 0 spiro atoms. The van der Waals surface area contributed by atoms with E-state index in [4.69, 9.17) is 19.4 Å². The molecule has 1 fully saturated rings. The van der Waals surface area contributed by atoms with Crippen LogP contribution in [0.5, 0.6) is 0 Å². The molecule has 6 aromatic rings. The molecule has 4 heterocycles. The maximum absolute atomic E-state index is 13.3. The van der Waals surface area contributed by atoms with Gasteiger partial charge in [0.05, 0.1) is 33.5 Å². The summed E-state index contributed by atoms with van der Waals surface area (Å²) in [5.41, 5.74) is 8.11. The minimum atomic E-state index is -1.13. The summed E-state index contributed by atoms with van der Waals surface area (Å²) in [5.74, 6) is -1.97. The quantitative estimate of drug-likeness (QED) is 0.114. The smallest absolute Gasteiger partial charge is 0.339 e. The third kappa shape index (κ3) is 10.1. The number of carbonyl (C=O) groups excluding carboxylic acids is 5. The van der Waals surface area contributed by atoms with Gasteiger partial charge in [-0.25, -0.2) is 24.4 Å². The lowest BCUT2D eigenvalue weighted by Gasteiger charge is -2.23. The van der Waals surface area contributed by atoms with Gasteiger partial charge >= 0.3 is 18.0 Å². The number of imide groups is 1. The molecule has 0 bridgehead atoms. The summed E-state index contributed by atoms with van der Waals surface area (Å²) >= 11 is 3.34. The maximum atomic E-state index is 13.3. The van der Waals surface area contributed by atoms with E-state index in [1.165, 1.54) is 11.8 Å². The van der Waals surface area contributed by atoms with Crippen LogP contribution < -0.4 is 16.0 Å². The Kier molecular flexibility index (Phi) is 13.7. The van der Waals surface area contributed by atoms with Crippen LogP contribution in [0.3, 0.4) is 0 Å². The minimum absolute atomic E-state index is 0.230. The first-order valence-electron chi connectivity index (χ1n) is 21.7. The van der Waals surface area contributed by atoms with E-state index in [1.807, 2.05) is 66.0 Å². The number of nitrogens with zero attached hydrogens (tertiary/aromatic N) is 2. The van der Waals surface area contributed by atoms with E-state index in [9.17, 15) is 24.0 Å². The molecular weight excluding hydrogens is 847 g/mol. The van der Waals surface area contributed by atoms with Crippen molar-refractivity contribution in [1.82, 2.24) is 25.9 Å². The molecule has 1 saturated carbocycles. The van der Waals surface area contributed by atoms with Gasteiger partial charge < -0.3 is 20.1 Å². The van der Waals surface area contributed by atoms with Crippen molar-refractivity contribution in [3.05, 3.63) is 127 Å². The van der Waals surface area contributed by atoms with Crippen LogP contribution in [0, 0.1) is 0 Å². The van der Waals surface area contributed by atoms with Crippen molar-refractivity contribution in [1.29, 1.82) is 0 Å². The molecule has 64 heavy (non-hydrogen) atoms. The highest BCUT2D eigenvalue weighted by Crippen LogP contribution is 2.39. The van der Waals surface area contributed by atoms with Gasteiger partial charge in [0.25, 0.3) is 11.8 Å². The van der Waals surface area contributed by atoms with E-state index in [-0.39, 0.29) is 11.9 Å². The zero-order chi connectivity index (χ0) is 44.7. The summed E-state index contributed by atoms with van der Waals surface area (Å²) in [7, 11) is 0. The molecule has 2 aromatic carbocycles. The van der Waals surface area contributed by atoms with Crippen molar-refractivity contribution in [3.8, 4) is 0 Å². The number of aromatic nitrogens is 2. The van der Waals surface area contributed by atoms with Crippen LogP contribution in [0.15, 0.2) is 83.6 Å². The molecule has 14 heteroatoms. The van der Waals surface area contributed by atoms with Gasteiger partial charge in [-0.3, -0.25) is 14.9 Å². The van der Waals surface area contributed by atoms with Gasteiger partial charge in [0.1, 0.15) is 0 Å². The summed E-state index contributed by atoms with van der Waals surface area (Å²) in [4.78, 5) is 75.1. The fourth-order valence-electron chi connectivity index (χ4n) is 8.02. The monoisotopic (exact) mass is 895 g/mol. The van der Waals surface area contributed by atoms with E-state index in [0.29, 0.717) is 35.0 Å². The number of ether oxygens (including phenoxy) is 2. The number of hydrogen-bond acceptors (Lipinski definition) is 11. The molecule has 4 aromatic heterocycles. The van der Waals surface area contributed by atoms with Gasteiger partial charge in [-0.2, -0.15) is 0 Å². The van der Waals surface area contributed by atoms with E-state index in [0.717, 1.165) is 94.4 Å². The third-order valence-corrected chi connectivity index (χ3v) is 12.9. The average Bonchev–Trinajstić information content (AvgIpc) is 3.67. The van der Waals surface area contributed by atoms with Crippen LogP contribution >= 0.6 is 22.7 Å². The summed E-state index contributed by atoms with van der Waals surface area (Å²) in [6.07, 6.45) is 9.41. The van der Waals surface area contributed by atoms with Gasteiger partial charge in [-0.05, 0) is 142 Å². The molecule has 3 aliphatic rings. The lowest BCUT2D eigenvalue weighted by atomic mass is 9.86. The fraction of sp³-hybridized carbons (Fsp3) is 0.300. The average molecular weight is 896 g/mol. The van der Waals surface area contributed by atoms with E-state index >= 15 is 0 Å². The second-order valence-electron chi connectivity index (χ2n) is 16.0. The van der Waals surface area contributed by atoms with Gasteiger partial charge in [0.15, 0.2) is 12.2 Å². The number of nitrogens with one attached hydrogen (secondary N) is 3. The number of benzene rings is 2. The Bertz CT molecular complexity index is 2790. The number of pyridine rings is 2. The normalized spacial score (nSPS) is 16.4. The van der Waals surface area contributed by atoms with Crippen molar-refractivity contribution >= 4 is 97.6 Å². The lowest BCUT2D eigenvalue weighted by Crippen LogP contribution is -2.44. The first-order valence-corrected chi connectivity index (χ1v) is 23.5. The Balaban J connectivity index is 0.000000175. The van der Waals surface area contributed by atoms with Crippen molar-refractivity contribution < 1.29 is 33.4 Å². The van der Waals surface area contributed by atoms with Crippen molar-refractivity contribution in [2.24, 2.45) is 0 Å². The highest BCUT2D eigenvalue weighted by molar-refractivity contribution is 7.11. The molecule has 0 aliphatic heterocycles. The van der Waals surface area contributed by atoms with Crippen LogP contribution in [0.2, 0.25) is 0 Å². The molecule has 2 unspecified atom stereocenters. The number of hydrogen-bond donors (Lipinski definition) is 3. The summed E-state index contributed by atoms with van der Waals surface area (Å²) < 4.78 is 11.2. The van der Waals surface area contributed by atoms with E-state index in [2.05, 4.69) is 45.6 Å². The van der Waals surface area contributed by atoms with E-state index < -0.39 is 36.1 Å². The summed E-state index contributed by atoms with van der Waals surface area (Å²) in [6.45, 7) is 5.20. The Morgan fingerprint density at radius 3 is 1.61 bits per heavy atom. The topological polar surface area (TPSA) is 166 Å². The molecule has 0 saturated heterocycles. The number of esters is 2. The number of carbonyl (C=O) groups is 5. The fourth-order valence-corrected chi connectivity index (χ4v) is 9.38. The number of urea groups is 1. The predicted molar refractivity (Wildman–Crippen MR) is 252 cm³/mol. The van der Waals surface area contributed by atoms with Crippen LogP contribution in [-0.4, -0.2) is 64.5 Å². The summed E-state index contributed by atoms with van der Waals surface area (Å²) in [6, 6.07) is 22.9. The second-order valence-corrected chi connectivity index (χ2v) is 17.9. The molecule has 3 aliphatic carbocycles. The highest BCUT2D eigenvalue weighted by atomic mass is 32.1. The first-order chi connectivity index (χ1) is 31.1. The van der Waals surface area contributed by atoms with Crippen LogP contribution in [0.4, 0.5) is 4.79 Å². The maximum Gasteiger partial charge on any atom is 0.339 e. The zero-order valence-corrected chi connectivity index (χ0v) is 37.5. The number of amides is 4. The van der Waals surface area contributed by atoms with Crippen molar-refractivity contribution in [3.63, 3.8) is 0 Å². The number of para-hydroxylation sites is 2. The first kappa shape index (κ1) is 44.1. The van der Waals surface area contributed by atoms with Gasteiger partial charge in [0, 0.05) is 33.1 Å². The van der Waals surface area contributed by atoms with Gasteiger partial charge in [-0.15, -0.1) is 22.7 Å². The predicted octanol–water partition coefficient (Wildman–Crippen LogP) is 9.56. The minimum Gasteiger partial charge on any atom is -0.449 e. The number of fused-ring (bicyclic) bond motifs is 4. The zero-order valence-electron chi connectivity index (χ0n) is 35.9. The standard InChI is InChI=1S/C25H25N3O4S.C25H24N2O3S/c1-3-26-25(31)28-23(29)15(2)32-24(30)21-18-10-4-5-12-20(18)27-22-16(8-6-11-19(21)22)14-17-9-7-13-33-17;1-15(24(28)26-17-11-12-17)30-25(29)22-19-8-2-3-10-21(19)27-23-16(6-4-9-20(22)23)14-18-7-5-13-31-18/h4-5,7,9-10,12-15H,3,6,8,11H2,1-2H3,(H2,26,28,29,31);2-3,5,7-8,10,13-15,17H,4,6,9,11-12H2,1H3,(H,26,28)/b16-14-;16-14+. The Morgan fingerprint density at radius 1 is 0.672 bits per heavy atom. The van der Waals surface area contributed by atoms with Crippen molar-refractivity contribution in [2.75, 3.05) is 6.54 Å². The van der Waals surface area contributed by atoms with Crippen molar-refractivity contribution in [2.45, 2.75) is 90.4 Å². The van der Waals surface area contributed by atoms with Crippen LogP contribution in [0.1, 0.15) is 112 Å². The Hall–Kier alpha value is -6.51. The molecule has 0 radical (unpaired) electrons. The van der Waals surface area contributed by atoms with Crippen LogP contribution in [0.25, 0.3) is 45.1 Å². The number of thiophene rings is 2. The number of allylic oxidation sites excluding steroid dienone is 2. The Labute approximate surface area is 379 Å². The molecule has 9 rings (SSSR count).